The minimum Gasteiger partial charge on any atom is -0.481 e. The summed E-state index contributed by atoms with van der Waals surface area (Å²) < 4.78 is 14.2. The molecule has 1 unspecified atom stereocenters. The van der Waals surface area contributed by atoms with Gasteiger partial charge in [0.25, 0.3) is 0 Å². The normalized spacial score (nSPS) is 16.4. The molecule has 2 amide bonds. The highest BCUT2D eigenvalue weighted by Crippen LogP contribution is 2.39. The highest BCUT2D eigenvalue weighted by atomic mass is 32.2. The number of fused-ring (bicyclic) bond motifs is 2. The molecule has 186 valence electrons. The number of methoxy groups -OCH3 is 1. The molecule has 3 N–H and O–H groups in total. The van der Waals surface area contributed by atoms with Crippen molar-refractivity contribution in [3.63, 3.8) is 0 Å². The maximum Gasteiger partial charge on any atom is 0.492 e. The van der Waals surface area contributed by atoms with E-state index in [2.05, 4.69) is 27.2 Å². The first-order chi connectivity index (χ1) is 17.3. The lowest BCUT2D eigenvalue weighted by Gasteiger charge is -2.21. The molecule has 0 saturated heterocycles. The summed E-state index contributed by atoms with van der Waals surface area (Å²) in [5, 5.41) is 15.4. The molecule has 0 radical (unpaired) electrons. The number of benzene rings is 2. The number of pyridine rings is 1. The summed E-state index contributed by atoms with van der Waals surface area (Å²) in [5.74, 6) is 0.527. The van der Waals surface area contributed by atoms with Gasteiger partial charge in [-0.1, -0.05) is 28.9 Å². The van der Waals surface area contributed by atoms with Crippen molar-refractivity contribution in [2.45, 2.75) is 50.5 Å². The Bertz CT molecular complexity index is 1380. The maximum atomic E-state index is 13.3. The molecule has 0 bridgehead atoms. The molecule has 0 spiro atoms. The van der Waals surface area contributed by atoms with Crippen LogP contribution in [0.5, 0.6) is 5.88 Å². The second-order valence-electron chi connectivity index (χ2n) is 9.43. The number of aromatic nitrogens is 1. The van der Waals surface area contributed by atoms with Crippen molar-refractivity contribution in [2.75, 3.05) is 12.4 Å². The van der Waals surface area contributed by atoms with E-state index in [-0.39, 0.29) is 6.03 Å². The second kappa shape index (κ2) is 9.73. The molecule has 9 heteroatoms. The Labute approximate surface area is 214 Å². The van der Waals surface area contributed by atoms with E-state index in [0.717, 1.165) is 52.0 Å². The predicted molar refractivity (Wildman–Crippen MR) is 146 cm³/mol. The quantitative estimate of drug-likeness (QED) is 0.355. The minimum atomic E-state index is -0.932. The number of urea groups is 1. The van der Waals surface area contributed by atoms with E-state index in [1.165, 1.54) is 11.1 Å². The highest BCUT2D eigenvalue weighted by molar-refractivity contribution is 8.13. The van der Waals surface area contributed by atoms with E-state index in [0.29, 0.717) is 5.88 Å². The maximum absolute atomic E-state index is 13.3. The summed E-state index contributed by atoms with van der Waals surface area (Å²) in [6.45, 7) is 5.80. The zero-order valence-electron chi connectivity index (χ0n) is 20.9. The topological polar surface area (TPSA) is 92.7 Å². The van der Waals surface area contributed by atoms with Crippen molar-refractivity contribution in [3.8, 4) is 17.0 Å². The van der Waals surface area contributed by atoms with E-state index < -0.39 is 23.4 Å². The molecular weight excluding hydrogens is 473 g/mol. The van der Waals surface area contributed by atoms with Gasteiger partial charge in [0.1, 0.15) is 0 Å². The van der Waals surface area contributed by atoms with Crippen LogP contribution < -0.4 is 20.2 Å². The van der Waals surface area contributed by atoms with Gasteiger partial charge in [-0.05, 0) is 91.3 Å². The van der Waals surface area contributed by atoms with Crippen LogP contribution in [0.25, 0.3) is 11.1 Å². The zero-order valence-corrected chi connectivity index (χ0v) is 21.7. The first kappa shape index (κ1) is 24.6. The van der Waals surface area contributed by atoms with Gasteiger partial charge in [-0.25, -0.2) is 9.78 Å². The number of aryl methyl sites for hydroxylation is 1. The third kappa shape index (κ3) is 4.54. The van der Waals surface area contributed by atoms with Crippen LogP contribution in [-0.4, -0.2) is 35.6 Å². The van der Waals surface area contributed by atoms with E-state index in [9.17, 15) is 9.82 Å². The fourth-order valence-electron chi connectivity index (χ4n) is 5.05. The summed E-state index contributed by atoms with van der Waals surface area (Å²) in [4.78, 5) is 18.5. The monoisotopic (exact) mass is 503 g/mol. The molecule has 7 nitrogen and oxygen atoms in total. The summed E-state index contributed by atoms with van der Waals surface area (Å²) in [6.07, 6.45) is 4.72. The number of carbonyl (C=O) groups excluding carboxylic acids is 1. The standard InChI is InChI=1S/C27H30BN3O4S/c1-5-36(19-10-12-23-22(16-19)27(2,3)35-28(23)33)31-26(32)30-25-20-8-6-7-17(20)9-11-21(25)18-13-14-29-24(15-18)34-4/h5,9-16,33H,6-8H2,1-4H3,(H2,30,31,32). The number of hydrogen-bond donors (Lipinski definition) is 3. The number of hydrogen-bond acceptors (Lipinski definition) is 5. The van der Waals surface area contributed by atoms with Crippen LogP contribution in [0.1, 0.15) is 43.9 Å². The first-order valence-electron chi connectivity index (χ1n) is 12.1. The third-order valence-corrected chi connectivity index (χ3v) is 8.45. The highest BCUT2D eigenvalue weighted by Gasteiger charge is 2.40. The zero-order chi connectivity index (χ0) is 25.4. The molecule has 2 aromatic carbocycles. The average Bonchev–Trinajstić information content (AvgIpc) is 3.44. The smallest absolute Gasteiger partial charge is 0.481 e. The molecule has 36 heavy (non-hydrogen) atoms. The van der Waals surface area contributed by atoms with Gasteiger partial charge in [0, 0.05) is 22.7 Å². The third-order valence-electron chi connectivity index (χ3n) is 6.81. The second-order valence-corrected chi connectivity index (χ2v) is 11.2. The average molecular weight is 503 g/mol. The molecule has 1 aromatic heterocycles. The van der Waals surface area contributed by atoms with Crippen LogP contribution in [0.2, 0.25) is 0 Å². The molecular formula is C27H30BN3O4S. The van der Waals surface area contributed by atoms with Gasteiger partial charge >= 0.3 is 13.1 Å². The van der Waals surface area contributed by atoms with Gasteiger partial charge < -0.3 is 19.7 Å². The van der Waals surface area contributed by atoms with Crippen molar-refractivity contribution in [1.82, 2.24) is 9.71 Å². The lowest BCUT2D eigenvalue weighted by molar-refractivity contribution is 0.101. The van der Waals surface area contributed by atoms with Crippen molar-refractivity contribution in [2.24, 2.45) is 0 Å². The predicted octanol–water partition coefficient (Wildman–Crippen LogP) is 4.39. The molecule has 2 heterocycles. The molecule has 0 fully saturated rings. The van der Waals surface area contributed by atoms with Crippen LogP contribution in [0.15, 0.2) is 53.6 Å². The van der Waals surface area contributed by atoms with Crippen LogP contribution in [0, 0.1) is 0 Å². The fraction of sp³-hybridized carbons (Fsp3) is 0.296. The van der Waals surface area contributed by atoms with Crippen LogP contribution in [0.4, 0.5) is 10.5 Å². The lowest BCUT2D eigenvalue weighted by atomic mass is 9.78. The van der Waals surface area contributed by atoms with Crippen molar-refractivity contribution < 1.29 is 19.2 Å². The SMILES string of the molecule is C/C=S(/NC(=O)Nc1c(-c2ccnc(OC)c2)ccc2c1CCC2)c1ccc2c(c1)C(C)(C)OB2O. The minimum absolute atomic E-state index is 0.268. The number of nitrogens with zero attached hydrogens (tertiary/aromatic N) is 1. The molecule has 2 aliphatic rings. The summed E-state index contributed by atoms with van der Waals surface area (Å²) in [5.41, 5.74) is 6.28. The first-order valence-corrected chi connectivity index (χ1v) is 13.3. The summed E-state index contributed by atoms with van der Waals surface area (Å²) in [6, 6.07) is 13.6. The van der Waals surface area contributed by atoms with Crippen molar-refractivity contribution >= 4 is 40.3 Å². The van der Waals surface area contributed by atoms with E-state index in [1.807, 2.05) is 56.5 Å². The molecule has 1 aliphatic heterocycles. The van der Waals surface area contributed by atoms with Gasteiger partial charge in [-0.2, -0.15) is 0 Å². The van der Waals surface area contributed by atoms with Crippen LogP contribution in [-0.2, 0) is 23.1 Å². The van der Waals surface area contributed by atoms with E-state index in [1.54, 1.807) is 13.3 Å². The summed E-state index contributed by atoms with van der Waals surface area (Å²) in [7, 11) is 0.0175. The number of carbonyl (C=O) groups is 1. The largest absolute Gasteiger partial charge is 0.492 e. The number of amides is 2. The van der Waals surface area contributed by atoms with Crippen molar-refractivity contribution in [1.29, 1.82) is 0 Å². The van der Waals surface area contributed by atoms with Crippen LogP contribution in [0.3, 0.4) is 0 Å². The van der Waals surface area contributed by atoms with Gasteiger partial charge in [0.05, 0.1) is 18.4 Å². The Morgan fingerprint density at radius 2 is 2.06 bits per heavy atom. The number of ether oxygens (including phenoxy) is 1. The number of anilines is 1. The number of nitrogens with one attached hydrogen (secondary N) is 2. The Balaban J connectivity index is 1.44. The van der Waals surface area contributed by atoms with Crippen molar-refractivity contribution in [3.05, 3.63) is 65.4 Å². The summed E-state index contributed by atoms with van der Waals surface area (Å²) >= 11 is 0. The molecule has 1 atom stereocenters. The molecule has 1 aliphatic carbocycles. The van der Waals surface area contributed by atoms with Gasteiger partial charge in [0.2, 0.25) is 5.88 Å². The Morgan fingerprint density at radius 1 is 1.22 bits per heavy atom. The number of rotatable bonds is 5. The van der Waals surface area contributed by atoms with Gasteiger partial charge in [0.15, 0.2) is 0 Å². The Kier molecular flexibility index (Phi) is 6.63. The van der Waals surface area contributed by atoms with Gasteiger partial charge in [-0.3, -0.25) is 4.72 Å². The molecule has 0 saturated carbocycles. The molecule has 3 aromatic rings. The van der Waals surface area contributed by atoms with E-state index in [4.69, 9.17) is 9.39 Å². The van der Waals surface area contributed by atoms with Gasteiger partial charge in [-0.15, -0.1) is 0 Å². The molecule has 5 rings (SSSR count). The van der Waals surface area contributed by atoms with Crippen LogP contribution >= 0.6 is 10.7 Å². The lowest BCUT2D eigenvalue weighted by Crippen LogP contribution is -2.28. The van der Waals surface area contributed by atoms with E-state index >= 15 is 0 Å². The Hall–Kier alpha value is -3.14. The Morgan fingerprint density at radius 3 is 2.83 bits per heavy atom. The fourth-order valence-corrected chi connectivity index (χ4v) is 6.26.